The molecule has 2 heterocycles. The van der Waals surface area contributed by atoms with Crippen LogP contribution in [-0.2, 0) is 0 Å². The molecule has 2 N–H and O–H groups in total. The van der Waals surface area contributed by atoms with Crippen molar-refractivity contribution >= 4 is 29.0 Å². The molecule has 1 aromatic heterocycles. The molecule has 0 bridgehead atoms. The maximum atomic E-state index is 13.9. The number of aromatic nitrogens is 2. The van der Waals surface area contributed by atoms with Gasteiger partial charge in [-0.2, -0.15) is 0 Å². The van der Waals surface area contributed by atoms with Gasteiger partial charge in [-0.15, -0.1) is 0 Å². The summed E-state index contributed by atoms with van der Waals surface area (Å²) in [6, 6.07) is 10.7. The summed E-state index contributed by atoms with van der Waals surface area (Å²) in [6.45, 7) is 6.01. The summed E-state index contributed by atoms with van der Waals surface area (Å²) in [6.07, 6.45) is 3.36. The lowest BCUT2D eigenvalue weighted by molar-refractivity contribution is 0.218. The summed E-state index contributed by atoms with van der Waals surface area (Å²) in [5, 5.41) is 0.208. The number of nitrogens with two attached hydrogens (primary N) is 1. The first-order valence-corrected chi connectivity index (χ1v) is 10.8. The molecule has 0 aliphatic carbocycles. The number of hydrogen-bond donors (Lipinski definition) is 1. The molecular weight excluding hydrogens is 438 g/mol. The zero-order chi connectivity index (χ0) is 22.0. The van der Waals surface area contributed by atoms with Crippen LogP contribution in [0.5, 0.6) is 5.88 Å². The van der Waals surface area contributed by atoms with Gasteiger partial charge in [-0.1, -0.05) is 41.4 Å². The monoisotopic (exact) mass is 459 g/mol. The van der Waals surface area contributed by atoms with Gasteiger partial charge in [-0.3, -0.25) is 4.90 Å². The highest BCUT2D eigenvalue weighted by molar-refractivity contribution is 6.36. The van der Waals surface area contributed by atoms with E-state index in [9.17, 15) is 4.39 Å². The molecule has 1 aliphatic heterocycles. The first-order valence-electron chi connectivity index (χ1n) is 10.0. The Morgan fingerprint density at radius 1 is 1.19 bits per heavy atom. The van der Waals surface area contributed by atoms with Crippen LogP contribution in [0.2, 0.25) is 10.0 Å². The fraction of sp³-hybridized carbons (Fsp3) is 0.261. The summed E-state index contributed by atoms with van der Waals surface area (Å²) in [7, 11) is 0. The molecule has 2 aromatic carbocycles. The van der Waals surface area contributed by atoms with Crippen molar-refractivity contribution in [3.05, 3.63) is 76.1 Å². The Bertz CT molecular complexity index is 1090. The normalized spacial score (nSPS) is 15.2. The largest absolute Gasteiger partial charge is 0.467 e. The minimum absolute atomic E-state index is 0.0900. The molecule has 5 nitrogen and oxygen atoms in total. The second-order valence-electron chi connectivity index (χ2n) is 7.46. The Kier molecular flexibility index (Phi) is 6.60. The van der Waals surface area contributed by atoms with Crippen molar-refractivity contribution in [2.75, 3.05) is 18.8 Å². The van der Waals surface area contributed by atoms with Crippen LogP contribution >= 0.6 is 23.2 Å². The number of ether oxygens (including phenoxy) is 1. The molecule has 1 radical (unpaired) electrons. The van der Waals surface area contributed by atoms with Gasteiger partial charge in [0.05, 0.1) is 23.5 Å². The number of rotatable bonds is 6. The fourth-order valence-corrected chi connectivity index (χ4v) is 4.29. The highest BCUT2D eigenvalue weighted by Gasteiger charge is 2.21. The lowest BCUT2D eigenvalue weighted by Gasteiger charge is -2.18. The predicted molar refractivity (Wildman–Crippen MR) is 122 cm³/mol. The van der Waals surface area contributed by atoms with Gasteiger partial charge >= 0.3 is 0 Å². The number of anilines is 1. The molecule has 0 saturated carbocycles. The van der Waals surface area contributed by atoms with E-state index in [1.54, 1.807) is 13.1 Å². The maximum absolute atomic E-state index is 13.9. The van der Waals surface area contributed by atoms with Gasteiger partial charge in [0.25, 0.3) is 5.88 Å². The smallest absolute Gasteiger partial charge is 0.258 e. The number of likely N-dealkylation sites (tertiary alicyclic amines) is 1. The van der Waals surface area contributed by atoms with Crippen molar-refractivity contribution in [2.24, 2.45) is 0 Å². The maximum Gasteiger partial charge on any atom is 0.258 e. The van der Waals surface area contributed by atoms with Crippen LogP contribution in [0.25, 0.3) is 11.3 Å². The SMILES string of the molecule is CC(Oc1nc(-c2cccc([CH]N3CCCC3)c2)cnc1N)c1c(Cl)ccc(F)c1Cl. The Balaban J connectivity index is 1.59. The summed E-state index contributed by atoms with van der Waals surface area (Å²) in [5.41, 5.74) is 8.91. The second kappa shape index (κ2) is 9.39. The summed E-state index contributed by atoms with van der Waals surface area (Å²) >= 11 is 12.3. The predicted octanol–water partition coefficient (Wildman–Crippen LogP) is 5.92. The van der Waals surface area contributed by atoms with Gasteiger partial charge in [0.15, 0.2) is 5.82 Å². The molecule has 1 saturated heterocycles. The zero-order valence-electron chi connectivity index (χ0n) is 17.0. The van der Waals surface area contributed by atoms with Crippen molar-refractivity contribution in [1.29, 1.82) is 0 Å². The quantitative estimate of drug-likeness (QED) is 0.463. The minimum atomic E-state index is -0.683. The average molecular weight is 460 g/mol. The van der Waals surface area contributed by atoms with E-state index in [0.717, 1.165) is 24.2 Å². The van der Waals surface area contributed by atoms with E-state index in [-0.39, 0.29) is 16.7 Å². The summed E-state index contributed by atoms with van der Waals surface area (Å²) < 4.78 is 19.8. The van der Waals surface area contributed by atoms with Gasteiger partial charge in [0.2, 0.25) is 0 Å². The Morgan fingerprint density at radius 2 is 1.97 bits per heavy atom. The van der Waals surface area contributed by atoms with Crippen LogP contribution < -0.4 is 10.5 Å². The van der Waals surface area contributed by atoms with Crippen molar-refractivity contribution in [1.82, 2.24) is 14.9 Å². The van der Waals surface area contributed by atoms with Crippen molar-refractivity contribution in [3.63, 3.8) is 0 Å². The average Bonchev–Trinajstić information content (AvgIpc) is 3.26. The molecule has 1 fully saturated rings. The molecule has 0 spiro atoms. The van der Waals surface area contributed by atoms with E-state index < -0.39 is 11.9 Å². The van der Waals surface area contributed by atoms with Gasteiger partial charge < -0.3 is 10.5 Å². The second-order valence-corrected chi connectivity index (χ2v) is 8.25. The van der Waals surface area contributed by atoms with E-state index >= 15 is 0 Å². The summed E-state index contributed by atoms with van der Waals surface area (Å²) in [5.74, 6) is -0.315. The highest BCUT2D eigenvalue weighted by atomic mass is 35.5. The first-order chi connectivity index (χ1) is 14.9. The van der Waals surface area contributed by atoms with Crippen LogP contribution in [0.3, 0.4) is 0 Å². The Labute approximate surface area is 191 Å². The Hall–Kier alpha value is -2.41. The molecule has 1 aliphatic rings. The number of nitrogens with zero attached hydrogens (tertiary/aromatic N) is 3. The number of nitrogen functional groups attached to an aromatic ring is 1. The number of halogens is 3. The molecule has 31 heavy (non-hydrogen) atoms. The first kappa shape index (κ1) is 21.8. The number of hydrogen-bond acceptors (Lipinski definition) is 5. The zero-order valence-corrected chi connectivity index (χ0v) is 18.5. The molecule has 8 heteroatoms. The highest BCUT2D eigenvalue weighted by Crippen LogP contribution is 2.35. The molecule has 4 rings (SSSR count). The van der Waals surface area contributed by atoms with E-state index in [1.165, 1.54) is 25.0 Å². The summed E-state index contributed by atoms with van der Waals surface area (Å²) in [4.78, 5) is 11.1. The van der Waals surface area contributed by atoms with E-state index in [1.807, 2.05) is 18.2 Å². The van der Waals surface area contributed by atoms with E-state index in [2.05, 4.69) is 27.5 Å². The lowest BCUT2D eigenvalue weighted by atomic mass is 10.1. The van der Waals surface area contributed by atoms with Crippen molar-refractivity contribution in [2.45, 2.75) is 25.9 Å². The molecule has 1 unspecified atom stereocenters. The van der Waals surface area contributed by atoms with Crippen LogP contribution in [0, 0.1) is 12.4 Å². The molecule has 3 aromatic rings. The van der Waals surface area contributed by atoms with Crippen molar-refractivity contribution in [3.8, 4) is 17.1 Å². The van der Waals surface area contributed by atoms with Crippen LogP contribution in [-0.4, -0.2) is 28.0 Å². The molecule has 161 valence electrons. The lowest BCUT2D eigenvalue weighted by Crippen LogP contribution is -2.16. The van der Waals surface area contributed by atoms with Crippen LogP contribution in [0.15, 0.2) is 42.6 Å². The number of benzene rings is 2. The molecule has 1 atom stereocenters. The van der Waals surface area contributed by atoms with Gasteiger partial charge in [-0.05, 0) is 56.6 Å². The van der Waals surface area contributed by atoms with Crippen LogP contribution in [0.1, 0.15) is 37.0 Å². The third-order valence-electron chi connectivity index (χ3n) is 5.20. The fourth-order valence-electron chi connectivity index (χ4n) is 3.61. The van der Waals surface area contributed by atoms with Crippen LogP contribution in [0.4, 0.5) is 10.2 Å². The van der Waals surface area contributed by atoms with Gasteiger partial charge in [0.1, 0.15) is 11.9 Å². The standard InChI is InChI=1S/C23H22Cl2FN4O/c1-14(20-17(24)7-8-18(26)21(20)25)31-23-22(27)28-12-19(29-23)16-6-4-5-15(11-16)13-30-9-2-3-10-30/h4-8,11-14H,2-3,9-10H2,1H3,(H2,27,28). The minimum Gasteiger partial charge on any atom is -0.467 e. The Morgan fingerprint density at radius 3 is 2.74 bits per heavy atom. The topological polar surface area (TPSA) is 64.3 Å². The van der Waals surface area contributed by atoms with Crippen molar-refractivity contribution < 1.29 is 9.13 Å². The molecular formula is C23H22Cl2FN4O. The van der Waals surface area contributed by atoms with Gasteiger partial charge in [-0.25, -0.2) is 14.4 Å². The van der Waals surface area contributed by atoms with Gasteiger partial charge in [0, 0.05) is 16.1 Å². The van der Waals surface area contributed by atoms with E-state index in [4.69, 9.17) is 33.7 Å². The van der Waals surface area contributed by atoms with E-state index in [0.29, 0.717) is 16.3 Å². The third-order valence-corrected chi connectivity index (χ3v) is 5.91. The molecule has 0 amide bonds. The third kappa shape index (κ3) is 4.92.